The minimum Gasteiger partial charge on any atom is -0.382 e. The van der Waals surface area contributed by atoms with E-state index in [1.807, 2.05) is 20.0 Å². The third-order valence-corrected chi connectivity index (χ3v) is 3.41. The van der Waals surface area contributed by atoms with Gasteiger partial charge in [0.15, 0.2) is 0 Å². The van der Waals surface area contributed by atoms with E-state index in [1.54, 1.807) is 22.9 Å². The van der Waals surface area contributed by atoms with Gasteiger partial charge in [-0.05, 0) is 30.7 Å². The molecule has 0 spiro atoms. The molecule has 1 atom stereocenters. The maximum absolute atomic E-state index is 10.2. The summed E-state index contributed by atoms with van der Waals surface area (Å²) in [4.78, 5) is 0. The maximum atomic E-state index is 10.2. The molecule has 2 aromatic rings. The lowest BCUT2D eigenvalue weighted by Gasteiger charge is -2.08. The SMILES string of the molecule is Cc1cc(C(O)c2ccc(Cl)c(Cl)c2)nn1C. The van der Waals surface area contributed by atoms with Crippen molar-refractivity contribution in [3.63, 3.8) is 0 Å². The first-order valence-corrected chi connectivity index (χ1v) is 5.88. The molecule has 1 aromatic carbocycles. The molecule has 0 radical (unpaired) electrons. The summed E-state index contributed by atoms with van der Waals surface area (Å²) >= 11 is 11.7. The number of rotatable bonds is 2. The van der Waals surface area contributed by atoms with E-state index in [9.17, 15) is 5.11 Å². The van der Waals surface area contributed by atoms with E-state index in [1.165, 1.54) is 0 Å². The molecule has 1 heterocycles. The first-order valence-electron chi connectivity index (χ1n) is 5.12. The maximum Gasteiger partial charge on any atom is 0.123 e. The van der Waals surface area contributed by atoms with Crippen molar-refractivity contribution in [2.75, 3.05) is 0 Å². The van der Waals surface area contributed by atoms with Gasteiger partial charge in [0.25, 0.3) is 0 Å². The summed E-state index contributed by atoms with van der Waals surface area (Å²) in [6.45, 7) is 1.93. The molecule has 2 rings (SSSR count). The number of aromatic nitrogens is 2. The minimum atomic E-state index is -0.787. The number of aryl methyl sites for hydroxylation is 2. The molecule has 0 saturated heterocycles. The average molecular weight is 271 g/mol. The number of aliphatic hydroxyl groups excluding tert-OH is 1. The predicted octanol–water partition coefficient (Wildman–Crippen LogP) is 3.12. The van der Waals surface area contributed by atoms with Gasteiger partial charge in [-0.2, -0.15) is 5.10 Å². The zero-order chi connectivity index (χ0) is 12.6. The molecule has 0 aliphatic heterocycles. The highest BCUT2D eigenvalue weighted by Gasteiger charge is 2.15. The molecule has 0 saturated carbocycles. The summed E-state index contributed by atoms with van der Waals surface area (Å²) in [6, 6.07) is 6.90. The van der Waals surface area contributed by atoms with E-state index >= 15 is 0 Å². The smallest absolute Gasteiger partial charge is 0.123 e. The molecular formula is C12H12Cl2N2O. The number of hydrogen-bond acceptors (Lipinski definition) is 2. The molecule has 3 nitrogen and oxygen atoms in total. The van der Waals surface area contributed by atoms with Crippen LogP contribution >= 0.6 is 23.2 Å². The Morgan fingerprint density at radius 2 is 1.94 bits per heavy atom. The lowest BCUT2D eigenvalue weighted by molar-refractivity contribution is 0.214. The summed E-state index contributed by atoms with van der Waals surface area (Å²) in [5.41, 5.74) is 2.26. The molecule has 1 aromatic heterocycles. The largest absolute Gasteiger partial charge is 0.382 e. The Morgan fingerprint density at radius 3 is 2.47 bits per heavy atom. The topological polar surface area (TPSA) is 38.1 Å². The van der Waals surface area contributed by atoms with E-state index in [0.717, 1.165) is 5.69 Å². The standard InChI is InChI=1S/C12H12Cl2N2O/c1-7-5-11(15-16(7)2)12(17)8-3-4-9(13)10(14)6-8/h3-6,12,17H,1-2H3. The van der Waals surface area contributed by atoms with E-state index in [0.29, 0.717) is 21.3 Å². The number of nitrogens with zero attached hydrogens (tertiary/aromatic N) is 2. The first-order chi connectivity index (χ1) is 7.99. The highest BCUT2D eigenvalue weighted by molar-refractivity contribution is 6.42. The fraction of sp³-hybridized carbons (Fsp3) is 0.250. The zero-order valence-corrected chi connectivity index (χ0v) is 11.0. The van der Waals surface area contributed by atoms with E-state index < -0.39 is 6.10 Å². The Bertz CT molecular complexity index is 532. The Hall–Kier alpha value is -1.03. The van der Waals surface area contributed by atoms with Crippen LogP contribution in [0.4, 0.5) is 0 Å². The van der Waals surface area contributed by atoms with Gasteiger partial charge in [0.2, 0.25) is 0 Å². The number of halogens is 2. The average Bonchev–Trinajstić information content (AvgIpc) is 2.62. The molecule has 0 fully saturated rings. The molecule has 0 bridgehead atoms. The molecule has 0 aliphatic rings. The summed E-state index contributed by atoms with van der Waals surface area (Å²) in [5.74, 6) is 0. The zero-order valence-electron chi connectivity index (χ0n) is 9.48. The van der Waals surface area contributed by atoms with Crippen LogP contribution in [0.5, 0.6) is 0 Å². The quantitative estimate of drug-likeness (QED) is 0.911. The van der Waals surface area contributed by atoms with Gasteiger partial charge in [-0.3, -0.25) is 4.68 Å². The van der Waals surface area contributed by atoms with Gasteiger partial charge < -0.3 is 5.11 Å². The van der Waals surface area contributed by atoms with Crippen LogP contribution < -0.4 is 0 Å². The van der Waals surface area contributed by atoms with Crippen molar-refractivity contribution in [1.29, 1.82) is 0 Å². The Morgan fingerprint density at radius 1 is 1.24 bits per heavy atom. The minimum absolute atomic E-state index is 0.427. The fourth-order valence-electron chi connectivity index (χ4n) is 1.58. The van der Waals surface area contributed by atoms with Crippen molar-refractivity contribution in [3.8, 4) is 0 Å². The Balaban J connectivity index is 2.36. The van der Waals surface area contributed by atoms with Crippen molar-refractivity contribution in [2.24, 2.45) is 7.05 Å². The van der Waals surface area contributed by atoms with Crippen molar-refractivity contribution < 1.29 is 5.11 Å². The highest BCUT2D eigenvalue weighted by atomic mass is 35.5. The number of benzene rings is 1. The second kappa shape index (κ2) is 4.69. The monoisotopic (exact) mass is 270 g/mol. The number of hydrogen-bond donors (Lipinski definition) is 1. The van der Waals surface area contributed by atoms with Crippen molar-refractivity contribution in [1.82, 2.24) is 9.78 Å². The second-order valence-corrected chi connectivity index (χ2v) is 4.72. The molecule has 1 unspecified atom stereocenters. The second-order valence-electron chi connectivity index (χ2n) is 3.91. The van der Waals surface area contributed by atoms with Gasteiger partial charge in [0, 0.05) is 12.7 Å². The predicted molar refractivity (Wildman–Crippen MR) is 68.5 cm³/mol. The number of aliphatic hydroxyl groups is 1. The molecule has 0 amide bonds. The van der Waals surface area contributed by atoms with Gasteiger partial charge in [0.05, 0.1) is 15.7 Å². The van der Waals surface area contributed by atoms with Crippen molar-refractivity contribution >= 4 is 23.2 Å². The van der Waals surface area contributed by atoms with E-state index in [4.69, 9.17) is 23.2 Å². The van der Waals surface area contributed by atoms with Crippen LogP contribution in [0.1, 0.15) is 23.1 Å². The van der Waals surface area contributed by atoms with Gasteiger partial charge >= 0.3 is 0 Å². The van der Waals surface area contributed by atoms with Crippen LogP contribution in [0, 0.1) is 6.92 Å². The van der Waals surface area contributed by atoms with Crippen LogP contribution in [0.15, 0.2) is 24.3 Å². The lowest BCUT2D eigenvalue weighted by Crippen LogP contribution is -2.02. The van der Waals surface area contributed by atoms with Gasteiger partial charge in [-0.15, -0.1) is 0 Å². The van der Waals surface area contributed by atoms with E-state index in [-0.39, 0.29) is 0 Å². The van der Waals surface area contributed by atoms with Crippen LogP contribution in [-0.4, -0.2) is 14.9 Å². The first kappa shape index (κ1) is 12.4. The fourth-order valence-corrected chi connectivity index (χ4v) is 1.88. The molecule has 1 N–H and O–H groups in total. The third-order valence-electron chi connectivity index (χ3n) is 2.67. The summed E-state index contributed by atoms with van der Waals surface area (Å²) in [6.07, 6.45) is -0.787. The summed E-state index contributed by atoms with van der Waals surface area (Å²) in [5, 5.41) is 15.3. The molecule has 17 heavy (non-hydrogen) atoms. The van der Waals surface area contributed by atoms with Gasteiger partial charge in [0.1, 0.15) is 6.10 Å². The van der Waals surface area contributed by atoms with Crippen molar-refractivity contribution in [2.45, 2.75) is 13.0 Å². The molecular weight excluding hydrogens is 259 g/mol. The van der Waals surface area contributed by atoms with Crippen LogP contribution in [0.25, 0.3) is 0 Å². The van der Waals surface area contributed by atoms with Crippen LogP contribution in [0.2, 0.25) is 10.0 Å². The van der Waals surface area contributed by atoms with E-state index in [2.05, 4.69) is 5.10 Å². The Kier molecular flexibility index (Phi) is 3.43. The van der Waals surface area contributed by atoms with Gasteiger partial charge in [-0.25, -0.2) is 0 Å². The summed E-state index contributed by atoms with van der Waals surface area (Å²) in [7, 11) is 1.83. The molecule has 90 valence electrons. The van der Waals surface area contributed by atoms with Crippen molar-refractivity contribution in [3.05, 3.63) is 51.3 Å². The molecule has 5 heteroatoms. The normalized spacial score (nSPS) is 12.8. The lowest BCUT2D eigenvalue weighted by atomic mass is 10.1. The van der Waals surface area contributed by atoms with Gasteiger partial charge in [-0.1, -0.05) is 29.3 Å². The molecule has 0 aliphatic carbocycles. The van der Waals surface area contributed by atoms with Crippen LogP contribution in [-0.2, 0) is 7.05 Å². The summed E-state index contributed by atoms with van der Waals surface area (Å²) < 4.78 is 1.72. The van der Waals surface area contributed by atoms with Crippen LogP contribution in [0.3, 0.4) is 0 Å². The third kappa shape index (κ3) is 2.46. The highest BCUT2D eigenvalue weighted by Crippen LogP contribution is 2.28. The Labute approximate surface area is 110 Å².